The SMILES string of the molecule is CCc1cc(C(N)c2ccccc2C2CCC2)n(C)n1. The van der Waals surface area contributed by atoms with Gasteiger partial charge in [-0.3, -0.25) is 4.68 Å². The molecule has 0 spiro atoms. The third kappa shape index (κ3) is 2.27. The van der Waals surface area contributed by atoms with Gasteiger partial charge in [-0.1, -0.05) is 37.6 Å². The summed E-state index contributed by atoms with van der Waals surface area (Å²) >= 11 is 0. The van der Waals surface area contributed by atoms with E-state index < -0.39 is 0 Å². The second-order valence-corrected chi connectivity index (χ2v) is 5.77. The number of hydrogen-bond donors (Lipinski definition) is 1. The summed E-state index contributed by atoms with van der Waals surface area (Å²) in [4.78, 5) is 0. The molecule has 0 radical (unpaired) electrons. The van der Waals surface area contributed by atoms with Crippen LogP contribution < -0.4 is 5.73 Å². The molecule has 3 rings (SSSR count). The topological polar surface area (TPSA) is 43.8 Å². The first-order valence-corrected chi connectivity index (χ1v) is 7.58. The van der Waals surface area contributed by atoms with Crippen LogP contribution in [0.15, 0.2) is 30.3 Å². The van der Waals surface area contributed by atoms with E-state index in [1.165, 1.54) is 30.4 Å². The molecule has 20 heavy (non-hydrogen) atoms. The smallest absolute Gasteiger partial charge is 0.0726 e. The maximum absolute atomic E-state index is 6.54. The minimum absolute atomic E-state index is 0.0791. The lowest BCUT2D eigenvalue weighted by molar-refractivity contribution is 0.416. The molecule has 106 valence electrons. The quantitative estimate of drug-likeness (QED) is 0.925. The first-order valence-electron chi connectivity index (χ1n) is 7.58. The normalized spacial score (nSPS) is 16.9. The maximum Gasteiger partial charge on any atom is 0.0726 e. The molecule has 1 aliphatic carbocycles. The fraction of sp³-hybridized carbons (Fsp3) is 0.471. The number of hydrogen-bond acceptors (Lipinski definition) is 2. The van der Waals surface area contributed by atoms with Crippen LogP contribution in [0.1, 0.15) is 60.7 Å². The van der Waals surface area contributed by atoms with E-state index >= 15 is 0 Å². The summed E-state index contributed by atoms with van der Waals surface area (Å²) in [6.45, 7) is 2.12. The number of aryl methyl sites for hydroxylation is 2. The molecule has 1 unspecified atom stereocenters. The molecule has 2 aromatic rings. The highest BCUT2D eigenvalue weighted by molar-refractivity contribution is 5.38. The second kappa shape index (κ2) is 5.41. The van der Waals surface area contributed by atoms with Crippen molar-refractivity contribution in [2.45, 2.75) is 44.6 Å². The zero-order chi connectivity index (χ0) is 14.1. The van der Waals surface area contributed by atoms with Gasteiger partial charge in [0.15, 0.2) is 0 Å². The van der Waals surface area contributed by atoms with Gasteiger partial charge in [0.1, 0.15) is 0 Å². The number of aromatic nitrogens is 2. The van der Waals surface area contributed by atoms with Crippen LogP contribution in [-0.2, 0) is 13.5 Å². The molecule has 1 aromatic heterocycles. The summed E-state index contributed by atoms with van der Waals surface area (Å²) in [7, 11) is 1.99. The third-order valence-electron chi connectivity index (χ3n) is 4.52. The summed E-state index contributed by atoms with van der Waals surface area (Å²) in [6.07, 6.45) is 4.90. The number of rotatable bonds is 4. The predicted octanol–water partition coefficient (Wildman–Crippen LogP) is 3.30. The summed E-state index contributed by atoms with van der Waals surface area (Å²) in [6, 6.07) is 10.7. The Morgan fingerprint density at radius 1 is 1.35 bits per heavy atom. The molecule has 1 heterocycles. The van der Waals surface area contributed by atoms with Gasteiger partial charge in [-0.2, -0.15) is 5.10 Å². The van der Waals surface area contributed by atoms with E-state index in [1.807, 2.05) is 11.7 Å². The van der Waals surface area contributed by atoms with Crippen molar-refractivity contribution in [1.29, 1.82) is 0 Å². The van der Waals surface area contributed by atoms with Crippen molar-refractivity contribution in [3.63, 3.8) is 0 Å². The molecule has 2 N–H and O–H groups in total. The van der Waals surface area contributed by atoms with E-state index in [0.29, 0.717) is 5.92 Å². The lowest BCUT2D eigenvalue weighted by Gasteiger charge is -2.29. The molecular weight excluding hydrogens is 246 g/mol. The summed E-state index contributed by atoms with van der Waals surface area (Å²) in [5, 5.41) is 4.52. The molecule has 0 saturated heterocycles. The molecule has 0 aliphatic heterocycles. The number of benzene rings is 1. The van der Waals surface area contributed by atoms with Crippen LogP contribution in [0, 0.1) is 0 Å². The van der Waals surface area contributed by atoms with Gasteiger partial charge in [0, 0.05) is 7.05 Å². The molecule has 1 saturated carbocycles. The summed E-state index contributed by atoms with van der Waals surface area (Å²) in [5.41, 5.74) is 11.5. The molecule has 3 nitrogen and oxygen atoms in total. The Balaban J connectivity index is 1.97. The van der Waals surface area contributed by atoms with Gasteiger partial charge < -0.3 is 5.73 Å². The van der Waals surface area contributed by atoms with E-state index in [9.17, 15) is 0 Å². The van der Waals surface area contributed by atoms with Crippen LogP contribution in [0.5, 0.6) is 0 Å². The van der Waals surface area contributed by atoms with Crippen molar-refractivity contribution in [2.75, 3.05) is 0 Å². The maximum atomic E-state index is 6.54. The second-order valence-electron chi connectivity index (χ2n) is 5.77. The fourth-order valence-corrected chi connectivity index (χ4v) is 3.05. The van der Waals surface area contributed by atoms with Crippen LogP contribution in [0.3, 0.4) is 0 Å². The molecule has 0 amide bonds. The summed E-state index contributed by atoms with van der Waals surface area (Å²) < 4.78 is 1.93. The van der Waals surface area contributed by atoms with Crippen LogP contribution in [0.2, 0.25) is 0 Å². The Labute approximate surface area is 120 Å². The van der Waals surface area contributed by atoms with Crippen LogP contribution in [-0.4, -0.2) is 9.78 Å². The average Bonchev–Trinajstić information content (AvgIpc) is 2.78. The highest BCUT2D eigenvalue weighted by Gasteiger charge is 2.25. The highest BCUT2D eigenvalue weighted by atomic mass is 15.3. The Morgan fingerprint density at radius 2 is 2.10 bits per heavy atom. The minimum atomic E-state index is -0.0791. The van der Waals surface area contributed by atoms with Crippen LogP contribution >= 0.6 is 0 Å². The van der Waals surface area contributed by atoms with Gasteiger partial charge in [0.25, 0.3) is 0 Å². The van der Waals surface area contributed by atoms with E-state index in [4.69, 9.17) is 5.73 Å². The zero-order valence-electron chi connectivity index (χ0n) is 12.3. The molecule has 1 aliphatic rings. The van der Waals surface area contributed by atoms with Gasteiger partial charge in [0.05, 0.1) is 17.4 Å². The fourth-order valence-electron chi connectivity index (χ4n) is 3.05. The lowest BCUT2D eigenvalue weighted by Crippen LogP contribution is -2.20. The standard InChI is InChI=1S/C17H23N3/c1-3-13-11-16(20(2)19-13)17(18)15-10-5-4-9-14(15)12-7-6-8-12/h4-5,9-12,17H,3,6-8,18H2,1-2H3. The Kier molecular flexibility index (Phi) is 3.62. The minimum Gasteiger partial charge on any atom is -0.319 e. The van der Waals surface area contributed by atoms with Gasteiger partial charge in [0.2, 0.25) is 0 Å². The van der Waals surface area contributed by atoms with E-state index in [1.54, 1.807) is 0 Å². The largest absolute Gasteiger partial charge is 0.319 e. The first kappa shape index (κ1) is 13.4. The number of nitrogens with two attached hydrogens (primary N) is 1. The highest BCUT2D eigenvalue weighted by Crippen LogP contribution is 2.40. The van der Waals surface area contributed by atoms with Crippen molar-refractivity contribution < 1.29 is 0 Å². The number of nitrogens with zero attached hydrogens (tertiary/aromatic N) is 2. The van der Waals surface area contributed by atoms with Crippen molar-refractivity contribution in [3.8, 4) is 0 Å². The zero-order valence-corrected chi connectivity index (χ0v) is 12.3. The Morgan fingerprint density at radius 3 is 2.70 bits per heavy atom. The van der Waals surface area contributed by atoms with Gasteiger partial charge in [-0.15, -0.1) is 0 Å². The third-order valence-corrected chi connectivity index (χ3v) is 4.52. The molecule has 1 atom stereocenters. The van der Waals surface area contributed by atoms with E-state index in [0.717, 1.165) is 17.8 Å². The monoisotopic (exact) mass is 269 g/mol. The molecule has 1 aromatic carbocycles. The predicted molar refractivity (Wildman–Crippen MR) is 81.7 cm³/mol. The summed E-state index contributed by atoms with van der Waals surface area (Å²) in [5.74, 6) is 0.705. The molecule has 1 fully saturated rings. The first-order chi connectivity index (χ1) is 9.70. The average molecular weight is 269 g/mol. The van der Waals surface area contributed by atoms with Crippen molar-refractivity contribution in [3.05, 3.63) is 52.8 Å². The van der Waals surface area contributed by atoms with E-state index in [-0.39, 0.29) is 6.04 Å². The van der Waals surface area contributed by atoms with E-state index in [2.05, 4.69) is 42.4 Å². The Hall–Kier alpha value is -1.61. The molecular formula is C17H23N3. The van der Waals surface area contributed by atoms with Crippen molar-refractivity contribution in [2.24, 2.45) is 12.8 Å². The lowest BCUT2D eigenvalue weighted by atomic mass is 9.77. The van der Waals surface area contributed by atoms with Crippen molar-refractivity contribution >= 4 is 0 Å². The molecule has 3 heteroatoms. The molecule has 0 bridgehead atoms. The Bertz CT molecular complexity index is 596. The van der Waals surface area contributed by atoms with Crippen LogP contribution in [0.25, 0.3) is 0 Å². The van der Waals surface area contributed by atoms with Crippen LogP contribution in [0.4, 0.5) is 0 Å². The van der Waals surface area contributed by atoms with Gasteiger partial charge in [-0.25, -0.2) is 0 Å². The van der Waals surface area contributed by atoms with Crippen molar-refractivity contribution in [1.82, 2.24) is 9.78 Å². The van der Waals surface area contributed by atoms with Gasteiger partial charge >= 0.3 is 0 Å². The van der Waals surface area contributed by atoms with Gasteiger partial charge in [-0.05, 0) is 42.4 Å².